The van der Waals surface area contributed by atoms with Gasteiger partial charge in [0.1, 0.15) is 5.82 Å². The van der Waals surface area contributed by atoms with Crippen molar-refractivity contribution in [2.24, 2.45) is 0 Å². The number of thiazole rings is 1. The molecule has 0 spiro atoms. The van der Waals surface area contributed by atoms with E-state index in [0.29, 0.717) is 0 Å². The molecule has 0 radical (unpaired) electrons. The fourth-order valence-corrected chi connectivity index (χ4v) is 4.09. The van der Waals surface area contributed by atoms with E-state index in [2.05, 4.69) is 42.0 Å². The minimum atomic E-state index is 0.173. The summed E-state index contributed by atoms with van der Waals surface area (Å²) in [4.78, 5) is 10.2. The standard InChI is InChI=1S/C11H15N3S3/c1-5-8-13-10(17-14-8)16-9-12-6-7(15-9)11(2,3)4/h6H,5H2,1-4H3. The van der Waals surface area contributed by atoms with E-state index in [-0.39, 0.29) is 5.41 Å². The van der Waals surface area contributed by atoms with E-state index >= 15 is 0 Å². The summed E-state index contributed by atoms with van der Waals surface area (Å²) in [5.74, 6) is 0.921. The number of rotatable bonds is 3. The third-order valence-corrected chi connectivity index (χ3v) is 5.45. The molecule has 2 aromatic rings. The Bertz CT molecular complexity index is 496. The van der Waals surface area contributed by atoms with Crippen molar-refractivity contribution >= 4 is 34.6 Å². The first-order valence-electron chi connectivity index (χ1n) is 5.46. The van der Waals surface area contributed by atoms with Crippen molar-refractivity contribution in [2.45, 2.75) is 48.2 Å². The van der Waals surface area contributed by atoms with Gasteiger partial charge in [-0.05, 0) is 28.7 Å². The quantitative estimate of drug-likeness (QED) is 0.854. The molecule has 0 fully saturated rings. The molecular formula is C11H15N3S3. The lowest BCUT2D eigenvalue weighted by atomic mass is 9.96. The third kappa shape index (κ3) is 3.26. The molecule has 0 saturated carbocycles. The zero-order valence-corrected chi connectivity index (χ0v) is 12.8. The molecule has 0 bridgehead atoms. The van der Waals surface area contributed by atoms with Crippen molar-refractivity contribution < 1.29 is 0 Å². The SMILES string of the molecule is CCc1nsc(Sc2ncc(C(C)(C)C)s2)n1. The van der Waals surface area contributed by atoms with Gasteiger partial charge >= 0.3 is 0 Å². The zero-order valence-electron chi connectivity index (χ0n) is 10.4. The summed E-state index contributed by atoms with van der Waals surface area (Å²) in [5, 5.41) is 0. The molecule has 92 valence electrons. The second-order valence-corrected chi connectivity index (χ2v) is 7.95. The maximum atomic E-state index is 4.43. The molecule has 3 nitrogen and oxygen atoms in total. The van der Waals surface area contributed by atoms with Crippen molar-refractivity contribution in [2.75, 3.05) is 0 Å². The van der Waals surface area contributed by atoms with Crippen LogP contribution in [0.15, 0.2) is 14.9 Å². The summed E-state index contributed by atoms with van der Waals surface area (Å²) in [5.41, 5.74) is 0.173. The topological polar surface area (TPSA) is 38.7 Å². The molecule has 0 unspecified atom stereocenters. The maximum Gasteiger partial charge on any atom is 0.177 e. The van der Waals surface area contributed by atoms with Gasteiger partial charge in [-0.25, -0.2) is 9.97 Å². The first-order valence-corrected chi connectivity index (χ1v) is 7.86. The van der Waals surface area contributed by atoms with E-state index in [1.807, 2.05) is 6.20 Å². The maximum absolute atomic E-state index is 4.43. The first-order chi connectivity index (χ1) is 7.99. The molecule has 0 saturated heterocycles. The molecule has 0 atom stereocenters. The average Bonchev–Trinajstić information content (AvgIpc) is 2.86. The van der Waals surface area contributed by atoms with E-state index in [4.69, 9.17) is 0 Å². The molecule has 2 rings (SSSR count). The number of nitrogens with zero attached hydrogens (tertiary/aromatic N) is 3. The van der Waals surface area contributed by atoms with Crippen molar-refractivity contribution in [3.8, 4) is 0 Å². The lowest BCUT2D eigenvalue weighted by Crippen LogP contribution is -2.07. The smallest absolute Gasteiger partial charge is 0.177 e. The van der Waals surface area contributed by atoms with E-state index in [1.165, 1.54) is 16.4 Å². The van der Waals surface area contributed by atoms with E-state index in [9.17, 15) is 0 Å². The summed E-state index contributed by atoms with van der Waals surface area (Å²) in [6.07, 6.45) is 2.86. The molecule has 2 aromatic heterocycles. The van der Waals surface area contributed by atoms with E-state index < -0.39 is 0 Å². The third-order valence-electron chi connectivity index (χ3n) is 2.16. The molecule has 6 heteroatoms. The van der Waals surface area contributed by atoms with Crippen molar-refractivity contribution in [3.63, 3.8) is 0 Å². The Balaban J connectivity index is 2.11. The van der Waals surface area contributed by atoms with Gasteiger partial charge in [-0.2, -0.15) is 4.37 Å². The second-order valence-electron chi connectivity index (χ2n) is 4.67. The van der Waals surface area contributed by atoms with Crippen LogP contribution in [0.3, 0.4) is 0 Å². The Kier molecular flexibility index (Phi) is 3.85. The molecule has 0 N–H and O–H groups in total. The van der Waals surface area contributed by atoms with Crippen LogP contribution in [-0.4, -0.2) is 14.3 Å². The highest BCUT2D eigenvalue weighted by molar-refractivity contribution is 8.02. The predicted molar refractivity (Wildman–Crippen MR) is 74.2 cm³/mol. The molecular weight excluding hydrogens is 270 g/mol. The summed E-state index contributed by atoms with van der Waals surface area (Å²) >= 11 is 4.81. The Morgan fingerprint density at radius 1 is 1.29 bits per heavy atom. The highest BCUT2D eigenvalue weighted by atomic mass is 32.2. The summed E-state index contributed by atoms with van der Waals surface area (Å²) < 4.78 is 6.31. The van der Waals surface area contributed by atoms with Gasteiger partial charge in [0.05, 0.1) is 0 Å². The van der Waals surface area contributed by atoms with Crippen molar-refractivity contribution in [3.05, 3.63) is 16.9 Å². The van der Waals surface area contributed by atoms with Crippen LogP contribution in [0.2, 0.25) is 0 Å². The Hall–Kier alpha value is -0.460. The van der Waals surface area contributed by atoms with Gasteiger partial charge in [0.15, 0.2) is 8.68 Å². The van der Waals surface area contributed by atoms with Gasteiger partial charge in [0, 0.05) is 17.5 Å². The Morgan fingerprint density at radius 3 is 2.59 bits per heavy atom. The van der Waals surface area contributed by atoms with Gasteiger partial charge in [-0.1, -0.05) is 27.7 Å². The van der Waals surface area contributed by atoms with Crippen LogP contribution in [-0.2, 0) is 11.8 Å². The van der Waals surface area contributed by atoms with Crippen molar-refractivity contribution in [1.29, 1.82) is 0 Å². The number of hydrogen-bond donors (Lipinski definition) is 0. The van der Waals surface area contributed by atoms with Crippen LogP contribution in [0.25, 0.3) is 0 Å². The van der Waals surface area contributed by atoms with Crippen molar-refractivity contribution in [1.82, 2.24) is 14.3 Å². The lowest BCUT2D eigenvalue weighted by Gasteiger charge is -2.14. The first kappa shape index (κ1) is 13.0. The normalized spacial score (nSPS) is 12.0. The molecule has 0 aliphatic carbocycles. The molecule has 0 aromatic carbocycles. The Labute approximate surface area is 114 Å². The average molecular weight is 285 g/mol. The fourth-order valence-electron chi connectivity index (χ4n) is 1.15. The van der Waals surface area contributed by atoms with Crippen LogP contribution in [0.1, 0.15) is 38.4 Å². The monoisotopic (exact) mass is 285 g/mol. The number of hydrogen-bond acceptors (Lipinski definition) is 6. The zero-order chi connectivity index (χ0) is 12.5. The molecule has 0 aliphatic rings. The minimum absolute atomic E-state index is 0.173. The van der Waals surface area contributed by atoms with Crippen LogP contribution >= 0.6 is 34.6 Å². The van der Waals surface area contributed by atoms with Gasteiger partial charge in [0.2, 0.25) is 0 Å². The molecule has 17 heavy (non-hydrogen) atoms. The second kappa shape index (κ2) is 5.04. The van der Waals surface area contributed by atoms with Crippen LogP contribution < -0.4 is 0 Å². The predicted octanol–water partition coefficient (Wildman–Crippen LogP) is 4.01. The van der Waals surface area contributed by atoms with Gasteiger partial charge in [-0.3, -0.25) is 0 Å². The molecule has 2 heterocycles. The van der Waals surface area contributed by atoms with Crippen LogP contribution in [0, 0.1) is 0 Å². The Morgan fingerprint density at radius 2 is 2.06 bits per heavy atom. The van der Waals surface area contributed by atoms with Gasteiger partial charge < -0.3 is 0 Å². The molecule has 0 amide bonds. The van der Waals surface area contributed by atoms with Crippen LogP contribution in [0.5, 0.6) is 0 Å². The van der Waals surface area contributed by atoms with E-state index in [1.54, 1.807) is 23.1 Å². The fraction of sp³-hybridized carbons (Fsp3) is 0.545. The minimum Gasteiger partial charge on any atom is -0.237 e. The van der Waals surface area contributed by atoms with E-state index in [0.717, 1.165) is 20.9 Å². The highest BCUT2D eigenvalue weighted by Gasteiger charge is 2.18. The molecule has 0 aliphatic heterocycles. The summed E-state index contributed by atoms with van der Waals surface area (Å²) in [6.45, 7) is 8.68. The lowest BCUT2D eigenvalue weighted by molar-refractivity contribution is 0.602. The van der Waals surface area contributed by atoms with Gasteiger partial charge in [-0.15, -0.1) is 11.3 Å². The van der Waals surface area contributed by atoms with Crippen LogP contribution in [0.4, 0.5) is 0 Å². The number of aromatic nitrogens is 3. The summed E-state index contributed by atoms with van der Waals surface area (Å²) in [6, 6.07) is 0. The van der Waals surface area contributed by atoms with Gasteiger partial charge in [0.25, 0.3) is 0 Å². The summed E-state index contributed by atoms with van der Waals surface area (Å²) in [7, 11) is 0. The number of aryl methyl sites for hydroxylation is 1. The highest BCUT2D eigenvalue weighted by Crippen LogP contribution is 2.36. The largest absolute Gasteiger partial charge is 0.237 e.